The van der Waals surface area contributed by atoms with E-state index in [1.54, 1.807) is 0 Å². The van der Waals surface area contributed by atoms with Gasteiger partial charge in [0.05, 0.1) is 6.10 Å². The number of halogens is 6. The van der Waals surface area contributed by atoms with Gasteiger partial charge in [-0.05, 0) is 37.0 Å². The first-order valence-electron chi connectivity index (χ1n) is 5.89. The Kier molecular flexibility index (Phi) is 3.96. The summed E-state index contributed by atoms with van der Waals surface area (Å²) in [6, 6.07) is 2.09. The third-order valence-corrected chi connectivity index (χ3v) is 2.83. The summed E-state index contributed by atoms with van der Waals surface area (Å²) in [5, 5.41) is 9.88. The van der Waals surface area contributed by atoms with Crippen molar-refractivity contribution in [3.05, 3.63) is 23.8 Å². The summed E-state index contributed by atoms with van der Waals surface area (Å²) in [5.74, 6) is -1.75. The normalized spacial score (nSPS) is 17.5. The van der Waals surface area contributed by atoms with Gasteiger partial charge in [0.25, 0.3) is 0 Å². The second kappa shape index (κ2) is 5.28. The Morgan fingerprint density at radius 2 is 1.57 bits per heavy atom. The molecule has 118 valence electrons. The van der Waals surface area contributed by atoms with Crippen LogP contribution < -0.4 is 9.47 Å². The van der Waals surface area contributed by atoms with Crippen LogP contribution in [0, 0.1) is 5.92 Å². The van der Waals surface area contributed by atoms with Crippen LogP contribution in [0.2, 0.25) is 0 Å². The molecule has 0 bridgehead atoms. The maximum absolute atomic E-state index is 12.3. The Hall–Kier alpha value is -1.64. The molecule has 1 aromatic carbocycles. The van der Waals surface area contributed by atoms with Crippen LogP contribution in [0.4, 0.5) is 26.3 Å². The van der Waals surface area contributed by atoms with Crippen molar-refractivity contribution in [1.29, 1.82) is 0 Å². The number of rotatable bonds is 4. The SMILES string of the molecule is OC(c1cc(OC(F)(F)F)ccc1OC(F)(F)F)C1CC1. The fourth-order valence-electron chi connectivity index (χ4n) is 1.84. The van der Waals surface area contributed by atoms with Gasteiger partial charge in [0.15, 0.2) is 0 Å². The van der Waals surface area contributed by atoms with Crippen molar-refractivity contribution in [2.75, 3.05) is 0 Å². The van der Waals surface area contributed by atoms with Crippen molar-refractivity contribution in [2.24, 2.45) is 5.92 Å². The minimum atomic E-state index is -5.01. The first-order chi connectivity index (χ1) is 9.55. The molecule has 1 aliphatic rings. The highest BCUT2D eigenvalue weighted by Gasteiger charge is 2.38. The number of hydrogen-bond acceptors (Lipinski definition) is 3. The number of hydrogen-bond donors (Lipinski definition) is 1. The molecule has 0 spiro atoms. The van der Waals surface area contributed by atoms with E-state index in [1.165, 1.54) is 0 Å². The second-order valence-corrected chi connectivity index (χ2v) is 4.58. The zero-order valence-electron chi connectivity index (χ0n) is 10.3. The number of aliphatic hydroxyl groups is 1. The average Bonchev–Trinajstić information content (AvgIpc) is 3.10. The van der Waals surface area contributed by atoms with E-state index < -0.39 is 30.3 Å². The van der Waals surface area contributed by atoms with Gasteiger partial charge in [-0.2, -0.15) is 0 Å². The molecule has 1 aromatic rings. The third-order valence-electron chi connectivity index (χ3n) is 2.83. The van der Waals surface area contributed by atoms with Crippen LogP contribution in [0.1, 0.15) is 24.5 Å². The molecule has 9 heteroatoms. The number of ether oxygens (including phenoxy) is 2. The fourth-order valence-corrected chi connectivity index (χ4v) is 1.84. The standard InChI is InChI=1S/C12H10F6O3/c13-11(14,15)20-7-3-4-9(21-12(16,17)18)8(5-7)10(19)6-1-2-6/h3-6,10,19H,1-2H2. The highest BCUT2D eigenvalue weighted by atomic mass is 19.4. The molecule has 0 heterocycles. The quantitative estimate of drug-likeness (QED) is 0.856. The van der Waals surface area contributed by atoms with E-state index in [1.807, 2.05) is 0 Å². The third kappa shape index (κ3) is 4.69. The molecular formula is C12H10F6O3. The predicted octanol–water partition coefficient (Wildman–Crippen LogP) is 3.93. The first kappa shape index (κ1) is 15.7. The molecule has 1 atom stereocenters. The molecule has 0 amide bonds. The molecule has 2 rings (SSSR count). The van der Waals surface area contributed by atoms with Gasteiger partial charge in [0.1, 0.15) is 11.5 Å². The van der Waals surface area contributed by atoms with Gasteiger partial charge in [-0.1, -0.05) is 0 Å². The van der Waals surface area contributed by atoms with Gasteiger partial charge in [0.2, 0.25) is 0 Å². The van der Waals surface area contributed by atoms with E-state index in [9.17, 15) is 31.4 Å². The molecule has 0 aromatic heterocycles. The summed E-state index contributed by atoms with van der Waals surface area (Å²) in [7, 11) is 0. The number of alkyl halides is 6. The van der Waals surface area contributed by atoms with E-state index in [-0.39, 0.29) is 11.5 Å². The maximum atomic E-state index is 12.3. The summed E-state index contributed by atoms with van der Waals surface area (Å²) < 4.78 is 80.5. The second-order valence-electron chi connectivity index (χ2n) is 4.58. The number of benzene rings is 1. The molecule has 21 heavy (non-hydrogen) atoms. The van der Waals surface area contributed by atoms with Gasteiger partial charge in [-0.3, -0.25) is 0 Å². The van der Waals surface area contributed by atoms with Crippen LogP contribution in [-0.4, -0.2) is 17.8 Å². The van der Waals surface area contributed by atoms with Gasteiger partial charge in [-0.15, -0.1) is 26.3 Å². The van der Waals surface area contributed by atoms with Crippen molar-refractivity contribution in [3.8, 4) is 11.5 Å². The van der Waals surface area contributed by atoms with Crippen molar-refractivity contribution in [3.63, 3.8) is 0 Å². The molecule has 0 radical (unpaired) electrons. The van der Waals surface area contributed by atoms with Crippen LogP contribution in [0.25, 0.3) is 0 Å². The molecule has 0 saturated heterocycles. The summed E-state index contributed by atoms with van der Waals surface area (Å²) >= 11 is 0. The van der Waals surface area contributed by atoms with E-state index >= 15 is 0 Å². The molecule has 1 saturated carbocycles. The maximum Gasteiger partial charge on any atom is 0.573 e. The molecule has 0 aliphatic heterocycles. The Bertz CT molecular complexity index is 507. The Morgan fingerprint density at radius 3 is 2.05 bits per heavy atom. The van der Waals surface area contributed by atoms with Crippen molar-refractivity contribution in [1.82, 2.24) is 0 Å². The molecule has 1 fully saturated rings. The highest BCUT2D eigenvalue weighted by Crippen LogP contribution is 2.45. The summed E-state index contributed by atoms with van der Waals surface area (Å²) in [5.41, 5.74) is -0.378. The van der Waals surface area contributed by atoms with Gasteiger partial charge >= 0.3 is 12.7 Å². The fraction of sp³-hybridized carbons (Fsp3) is 0.500. The topological polar surface area (TPSA) is 38.7 Å². The summed E-state index contributed by atoms with van der Waals surface area (Å²) in [4.78, 5) is 0. The monoisotopic (exact) mass is 316 g/mol. The Balaban J connectivity index is 2.31. The van der Waals surface area contributed by atoms with Crippen molar-refractivity contribution < 1.29 is 40.9 Å². The van der Waals surface area contributed by atoms with E-state index in [0.717, 1.165) is 0 Å². The van der Waals surface area contributed by atoms with Crippen LogP contribution in [0.5, 0.6) is 11.5 Å². The Morgan fingerprint density at radius 1 is 1.00 bits per heavy atom. The van der Waals surface area contributed by atoms with Gasteiger partial charge < -0.3 is 14.6 Å². The van der Waals surface area contributed by atoms with Crippen LogP contribution in [-0.2, 0) is 0 Å². The lowest BCUT2D eigenvalue weighted by Crippen LogP contribution is -2.20. The van der Waals surface area contributed by atoms with Crippen molar-refractivity contribution in [2.45, 2.75) is 31.7 Å². The minimum absolute atomic E-state index is 0.290. The lowest BCUT2D eigenvalue weighted by atomic mass is 10.0. The van der Waals surface area contributed by atoms with Gasteiger partial charge in [-0.25, -0.2) is 0 Å². The van der Waals surface area contributed by atoms with E-state index in [2.05, 4.69) is 9.47 Å². The van der Waals surface area contributed by atoms with Crippen LogP contribution in [0.15, 0.2) is 18.2 Å². The molecule has 1 aliphatic carbocycles. The zero-order chi connectivity index (χ0) is 15.8. The highest BCUT2D eigenvalue weighted by molar-refractivity contribution is 5.42. The largest absolute Gasteiger partial charge is 0.573 e. The Labute approximate surface area is 115 Å². The smallest absolute Gasteiger partial charge is 0.406 e. The van der Waals surface area contributed by atoms with Gasteiger partial charge in [0, 0.05) is 5.56 Å². The minimum Gasteiger partial charge on any atom is -0.406 e. The van der Waals surface area contributed by atoms with E-state index in [4.69, 9.17) is 0 Å². The molecule has 3 nitrogen and oxygen atoms in total. The number of aliphatic hydroxyl groups excluding tert-OH is 1. The van der Waals surface area contributed by atoms with E-state index in [0.29, 0.717) is 31.0 Å². The molecular weight excluding hydrogens is 306 g/mol. The zero-order valence-corrected chi connectivity index (χ0v) is 10.3. The van der Waals surface area contributed by atoms with Crippen LogP contribution in [0.3, 0.4) is 0 Å². The first-order valence-corrected chi connectivity index (χ1v) is 5.89. The molecule has 1 N–H and O–H groups in total. The van der Waals surface area contributed by atoms with Crippen molar-refractivity contribution >= 4 is 0 Å². The predicted molar refractivity (Wildman–Crippen MR) is 57.5 cm³/mol. The summed E-state index contributed by atoms with van der Waals surface area (Å²) in [6.07, 6.45) is -10.2. The lowest BCUT2D eigenvalue weighted by molar-refractivity contribution is -0.277. The summed E-state index contributed by atoms with van der Waals surface area (Å²) in [6.45, 7) is 0. The average molecular weight is 316 g/mol. The lowest BCUT2D eigenvalue weighted by Gasteiger charge is -2.18. The van der Waals surface area contributed by atoms with Crippen LogP contribution >= 0.6 is 0 Å². The molecule has 1 unspecified atom stereocenters.